The highest BCUT2D eigenvalue weighted by molar-refractivity contribution is 5.93. The molecule has 3 aliphatic rings. The molecule has 2 fully saturated rings. The first-order valence-electron chi connectivity index (χ1n) is 15.3. The molecule has 5 heteroatoms. The summed E-state index contributed by atoms with van der Waals surface area (Å²) < 4.78 is 18.4. The zero-order chi connectivity index (χ0) is 29.2. The van der Waals surface area contributed by atoms with E-state index < -0.39 is 17.0 Å². The highest BCUT2D eigenvalue weighted by Gasteiger charge is 2.52. The predicted octanol–water partition coefficient (Wildman–Crippen LogP) is 8.22. The minimum absolute atomic E-state index is 0.338. The van der Waals surface area contributed by atoms with Crippen molar-refractivity contribution in [3.05, 3.63) is 58.1 Å². The fraction of sp³-hybridized carbons (Fsp3) is 0.600. The summed E-state index contributed by atoms with van der Waals surface area (Å²) in [5.74, 6) is 2.20. The van der Waals surface area contributed by atoms with E-state index in [9.17, 15) is 9.59 Å². The monoisotopic (exact) mass is 548 g/mol. The number of esters is 2. The molecule has 0 radical (unpaired) electrons. The maximum absolute atomic E-state index is 13.6. The average Bonchev–Trinajstić information content (AvgIpc) is 2.92. The molecule has 1 aliphatic heterocycles. The third kappa shape index (κ3) is 5.80. The lowest BCUT2D eigenvalue weighted by atomic mass is 9.57. The normalized spacial score (nSPS) is 28.8. The van der Waals surface area contributed by atoms with Crippen LogP contribution in [-0.2, 0) is 27.4 Å². The lowest BCUT2D eigenvalue weighted by molar-refractivity contribution is -0.183. The molecule has 2 saturated carbocycles. The summed E-state index contributed by atoms with van der Waals surface area (Å²) in [6, 6.07) is 10.1. The molecule has 40 heavy (non-hydrogen) atoms. The Hall–Kier alpha value is -2.82. The molecule has 3 unspecified atom stereocenters. The summed E-state index contributed by atoms with van der Waals surface area (Å²) >= 11 is 0. The molecule has 2 bridgehead atoms. The van der Waals surface area contributed by atoms with E-state index in [2.05, 4.69) is 32.9 Å². The van der Waals surface area contributed by atoms with Crippen molar-refractivity contribution >= 4 is 11.9 Å². The Bertz CT molecular complexity index is 1210. The fourth-order valence-electron chi connectivity index (χ4n) is 7.58. The first-order chi connectivity index (χ1) is 19.0. The van der Waals surface area contributed by atoms with Crippen molar-refractivity contribution in [3.8, 4) is 11.5 Å². The molecule has 0 amide bonds. The van der Waals surface area contributed by atoms with Crippen LogP contribution in [0.15, 0.2) is 30.3 Å². The van der Waals surface area contributed by atoms with E-state index in [1.165, 1.54) is 12.8 Å². The molecule has 0 saturated heterocycles. The second-order valence-corrected chi connectivity index (χ2v) is 12.7. The number of ether oxygens (including phenoxy) is 3. The summed E-state index contributed by atoms with van der Waals surface area (Å²) in [6.07, 6.45) is 5.91. The van der Waals surface area contributed by atoms with Gasteiger partial charge in [-0.3, -0.25) is 4.79 Å². The molecule has 3 atom stereocenters. The minimum atomic E-state index is -1.20. The maximum Gasteiger partial charge on any atom is 0.357 e. The number of hydrogen-bond acceptors (Lipinski definition) is 5. The van der Waals surface area contributed by atoms with Crippen LogP contribution in [0.5, 0.6) is 11.5 Å². The summed E-state index contributed by atoms with van der Waals surface area (Å²) in [4.78, 5) is 27.1. The van der Waals surface area contributed by atoms with E-state index in [0.717, 1.165) is 58.6 Å². The molecule has 2 aromatic rings. The van der Waals surface area contributed by atoms with Crippen molar-refractivity contribution in [2.45, 2.75) is 113 Å². The summed E-state index contributed by atoms with van der Waals surface area (Å²) in [5, 5.41) is 0. The van der Waals surface area contributed by atoms with Crippen LogP contribution in [0.2, 0.25) is 0 Å². The first-order valence-corrected chi connectivity index (χ1v) is 15.3. The number of benzene rings is 2. The molecule has 5 nitrogen and oxygen atoms in total. The summed E-state index contributed by atoms with van der Waals surface area (Å²) in [6.45, 7) is 16.8. The molecule has 2 aromatic carbocycles. The summed E-state index contributed by atoms with van der Waals surface area (Å²) in [7, 11) is 0. The molecule has 218 valence electrons. The van der Waals surface area contributed by atoms with E-state index in [1.54, 1.807) is 6.92 Å². The van der Waals surface area contributed by atoms with Crippen LogP contribution in [0.25, 0.3) is 0 Å². The molecular weight excluding hydrogens is 500 g/mol. The van der Waals surface area contributed by atoms with Crippen molar-refractivity contribution in [1.29, 1.82) is 0 Å². The second kappa shape index (κ2) is 12.0. The summed E-state index contributed by atoms with van der Waals surface area (Å²) in [5.41, 5.74) is 3.45. The van der Waals surface area contributed by atoms with Gasteiger partial charge in [0, 0.05) is 12.0 Å². The maximum atomic E-state index is 13.6. The zero-order valence-corrected chi connectivity index (χ0v) is 25.8. The van der Waals surface area contributed by atoms with E-state index in [4.69, 9.17) is 14.2 Å². The van der Waals surface area contributed by atoms with Crippen molar-refractivity contribution in [2.75, 3.05) is 0 Å². The van der Waals surface area contributed by atoms with Crippen LogP contribution in [0.1, 0.15) is 101 Å². The van der Waals surface area contributed by atoms with Gasteiger partial charge in [0.25, 0.3) is 0 Å². The molecule has 5 rings (SSSR count). The molecule has 0 N–H and O–H groups in total. The number of carbonyl (C=O) groups excluding carboxylic acids is 2. The standard InChI is InChI=1S/C33H42O5.C2H6/c1-20-14-26-15-21(2)17-33(16-20,18-26)31(35)37-30(34)32(6)13-12-27-24(5)28(22(3)23(4)29(27)38-32)36-19-25-10-8-7-9-11-25;1-2/h7-11,20-21,26H,12-19H2,1-6H3;1-2H3. The molecule has 1 heterocycles. The van der Waals surface area contributed by atoms with E-state index >= 15 is 0 Å². The van der Waals surface area contributed by atoms with Gasteiger partial charge in [0.2, 0.25) is 5.60 Å². The van der Waals surface area contributed by atoms with Gasteiger partial charge < -0.3 is 14.2 Å². The number of fused-ring (bicyclic) bond motifs is 3. The van der Waals surface area contributed by atoms with Crippen LogP contribution in [0.4, 0.5) is 0 Å². The van der Waals surface area contributed by atoms with Crippen LogP contribution in [0.3, 0.4) is 0 Å². The Morgan fingerprint density at radius 3 is 2.15 bits per heavy atom. The second-order valence-electron chi connectivity index (χ2n) is 12.7. The van der Waals surface area contributed by atoms with Crippen LogP contribution < -0.4 is 9.47 Å². The topological polar surface area (TPSA) is 61.8 Å². The van der Waals surface area contributed by atoms with Crippen molar-refractivity contribution in [2.24, 2.45) is 23.2 Å². The number of hydrogen-bond donors (Lipinski definition) is 0. The molecule has 0 aromatic heterocycles. The van der Waals surface area contributed by atoms with E-state index in [-0.39, 0.29) is 5.97 Å². The van der Waals surface area contributed by atoms with Gasteiger partial charge in [-0.25, -0.2) is 4.79 Å². The van der Waals surface area contributed by atoms with Gasteiger partial charge in [0.1, 0.15) is 18.1 Å². The van der Waals surface area contributed by atoms with Gasteiger partial charge in [-0.15, -0.1) is 0 Å². The van der Waals surface area contributed by atoms with E-state index in [0.29, 0.717) is 37.2 Å². The molecule has 0 spiro atoms. The SMILES string of the molecule is CC.Cc1c(C)c2c(c(C)c1OCc1ccccc1)CCC(C)(C(=O)OC(=O)C13CC(C)CC(CC(C)C1)C3)O2. The first kappa shape index (κ1) is 30.1. The quantitative estimate of drug-likeness (QED) is 0.278. The van der Waals surface area contributed by atoms with Crippen LogP contribution in [0, 0.1) is 43.9 Å². The highest BCUT2D eigenvalue weighted by atomic mass is 16.6. The van der Waals surface area contributed by atoms with Gasteiger partial charge in [-0.1, -0.05) is 58.0 Å². The number of carbonyl (C=O) groups is 2. The fourth-order valence-corrected chi connectivity index (χ4v) is 7.58. The van der Waals surface area contributed by atoms with Gasteiger partial charge in [-0.2, -0.15) is 0 Å². The Morgan fingerprint density at radius 1 is 0.900 bits per heavy atom. The molecular formula is C35H48O5. The van der Waals surface area contributed by atoms with Crippen molar-refractivity contribution < 1.29 is 23.8 Å². The minimum Gasteiger partial charge on any atom is -0.488 e. The third-order valence-corrected chi connectivity index (χ3v) is 9.40. The molecule has 2 aliphatic carbocycles. The predicted molar refractivity (Wildman–Crippen MR) is 159 cm³/mol. The zero-order valence-electron chi connectivity index (χ0n) is 25.8. The highest BCUT2D eigenvalue weighted by Crippen LogP contribution is 2.53. The Morgan fingerprint density at radius 2 is 1.52 bits per heavy atom. The Kier molecular flexibility index (Phi) is 9.02. The lowest BCUT2D eigenvalue weighted by Gasteiger charge is -2.48. The Balaban J connectivity index is 0.00000181. The largest absolute Gasteiger partial charge is 0.488 e. The average molecular weight is 549 g/mol. The van der Waals surface area contributed by atoms with Gasteiger partial charge in [-0.05, 0) is 106 Å². The van der Waals surface area contributed by atoms with Crippen LogP contribution in [-0.4, -0.2) is 17.5 Å². The van der Waals surface area contributed by atoms with Gasteiger partial charge in [0.05, 0.1) is 5.41 Å². The van der Waals surface area contributed by atoms with Crippen LogP contribution >= 0.6 is 0 Å². The third-order valence-electron chi connectivity index (χ3n) is 9.40. The van der Waals surface area contributed by atoms with E-state index in [1.807, 2.05) is 45.9 Å². The Labute approximate surface area is 241 Å². The van der Waals surface area contributed by atoms with Crippen molar-refractivity contribution in [1.82, 2.24) is 0 Å². The van der Waals surface area contributed by atoms with Crippen molar-refractivity contribution in [3.63, 3.8) is 0 Å². The lowest BCUT2D eigenvalue weighted by Crippen LogP contribution is -2.50. The van der Waals surface area contributed by atoms with Gasteiger partial charge >= 0.3 is 11.9 Å². The smallest absolute Gasteiger partial charge is 0.357 e. The van der Waals surface area contributed by atoms with Gasteiger partial charge in [0.15, 0.2) is 0 Å². The number of rotatable bonds is 5.